The lowest BCUT2D eigenvalue weighted by Crippen LogP contribution is -2.35. The van der Waals surface area contributed by atoms with E-state index in [1.165, 1.54) is 11.1 Å². The number of nitrogens with one attached hydrogen (secondary N) is 1. The van der Waals surface area contributed by atoms with Gasteiger partial charge in [0.1, 0.15) is 0 Å². The summed E-state index contributed by atoms with van der Waals surface area (Å²) < 4.78 is 0. The van der Waals surface area contributed by atoms with Crippen molar-refractivity contribution < 1.29 is 9.90 Å². The standard InChI is InChI=1S/C18H29NO2/c1-6-15(11-16-7-9-19-12-14(16)4)17(21)18(5,8-10-20)13(2)3/h6,11,13,19-20H,1,7-10,12H2,2-5H3/b15-11+. The van der Waals surface area contributed by atoms with Crippen molar-refractivity contribution in [3.8, 4) is 0 Å². The Bertz CT molecular complexity index is 460. The molecular weight excluding hydrogens is 262 g/mol. The highest BCUT2D eigenvalue weighted by molar-refractivity contribution is 6.02. The summed E-state index contributed by atoms with van der Waals surface area (Å²) in [4.78, 5) is 12.9. The van der Waals surface area contributed by atoms with Crippen molar-refractivity contribution in [2.45, 2.75) is 40.5 Å². The fraction of sp³-hybridized carbons (Fsp3) is 0.611. The minimum absolute atomic E-state index is 0.0243. The highest BCUT2D eigenvalue weighted by atomic mass is 16.3. The maximum atomic E-state index is 12.9. The van der Waals surface area contributed by atoms with Crippen LogP contribution in [0.4, 0.5) is 0 Å². The predicted octanol–water partition coefficient (Wildman–Crippen LogP) is 3.02. The minimum atomic E-state index is -0.545. The average Bonchev–Trinajstić information content (AvgIpc) is 2.45. The van der Waals surface area contributed by atoms with Crippen molar-refractivity contribution in [1.82, 2.24) is 5.32 Å². The Kier molecular flexibility index (Phi) is 6.56. The molecule has 0 saturated heterocycles. The molecule has 0 bridgehead atoms. The lowest BCUT2D eigenvalue weighted by atomic mass is 9.70. The molecule has 2 N–H and O–H groups in total. The van der Waals surface area contributed by atoms with Crippen molar-refractivity contribution in [1.29, 1.82) is 0 Å². The van der Waals surface area contributed by atoms with E-state index in [9.17, 15) is 9.90 Å². The largest absolute Gasteiger partial charge is 0.396 e. The van der Waals surface area contributed by atoms with Crippen LogP contribution in [0.5, 0.6) is 0 Å². The summed E-state index contributed by atoms with van der Waals surface area (Å²) in [6.07, 6.45) is 5.06. The van der Waals surface area contributed by atoms with E-state index < -0.39 is 5.41 Å². The molecule has 0 aliphatic carbocycles. The Balaban J connectivity index is 3.13. The van der Waals surface area contributed by atoms with Crippen molar-refractivity contribution >= 4 is 5.78 Å². The molecule has 0 fully saturated rings. The molecule has 1 rings (SSSR count). The van der Waals surface area contributed by atoms with E-state index in [-0.39, 0.29) is 18.3 Å². The van der Waals surface area contributed by atoms with E-state index >= 15 is 0 Å². The number of rotatable bonds is 7. The Morgan fingerprint density at radius 3 is 2.67 bits per heavy atom. The number of allylic oxidation sites excluding steroid dienone is 3. The van der Waals surface area contributed by atoms with E-state index in [4.69, 9.17) is 0 Å². The molecule has 1 unspecified atom stereocenters. The topological polar surface area (TPSA) is 49.3 Å². The second-order valence-corrected chi connectivity index (χ2v) is 6.41. The van der Waals surface area contributed by atoms with Gasteiger partial charge in [0.15, 0.2) is 5.78 Å². The Morgan fingerprint density at radius 1 is 1.52 bits per heavy atom. The van der Waals surface area contributed by atoms with Gasteiger partial charge in [0.05, 0.1) is 0 Å². The number of aliphatic hydroxyl groups is 1. The average molecular weight is 291 g/mol. The number of hydrogen-bond donors (Lipinski definition) is 2. The van der Waals surface area contributed by atoms with E-state index in [0.717, 1.165) is 19.5 Å². The number of Topliss-reactive ketones (excluding diaryl/α,β-unsaturated/α-hetero) is 1. The summed E-state index contributed by atoms with van der Waals surface area (Å²) in [6, 6.07) is 0. The molecule has 0 saturated carbocycles. The van der Waals surface area contributed by atoms with Gasteiger partial charge in [-0.25, -0.2) is 0 Å². The highest BCUT2D eigenvalue weighted by Gasteiger charge is 2.36. The first-order valence-corrected chi connectivity index (χ1v) is 7.76. The number of hydrogen-bond acceptors (Lipinski definition) is 3. The highest BCUT2D eigenvalue weighted by Crippen LogP contribution is 2.35. The summed E-state index contributed by atoms with van der Waals surface area (Å²) in [5.41, 5.74) is 2.63. The van der Waals surface area contributed by atoms with Crippen molar-refractivity contribution in [2.75, 3.05) is 19.7 Å². The van der Waals surface area contributed by atoms with E-state index in [1.807, 2.05) is 26.8 Å². The predicted molar refractivity (Wildman–Crippen MR) is 88.1 cm³/mol. The molecule has 0 amide bonds. The van der Waals surface area contributed by atoms with Crippen molar-refractivity contribution in [3.05, 3.63) is 35.5 Å². The van der Waals surface area contributed by atoms with Gasteiger partial charge >= 0.3 is 0 Å². The summed E-state index contributed by atoms with van der Waals surface area (Å²) >= 11 is 0. The van der Waals surface area contributed by atoms with Crippen LogP contribution in [0.25, 0.3) is 0 Å². The molecule has 0 aromatic rings. The molecule has 3 heteroatoms. The lowest BCUT2D eigenvalue weighted by Gasteiger charge is -2.32. The van der Waals surface area contributed by atoms with E-state index in [0.29, 0.717) is 12.0 Å². The molecule has 3 nitrogen and oxygen atoms in total. The quantitative estimate of drug-likeness (QED) is 0.560. The summed E-state index contributed by atoms with van der Waals surface area (Å²) in [5.74, 6) is 0.254. The molecule has 1 atom stereocenters. The van der Waals surface area contributed by atoms with Crippen LogP contribution < -0.4 is 5.32 Å². The molecular formula is C18H29NO2. The molecule has 1 heterocycles. The Labute approximate surface area is 128 Å². The molecule has 21 heavy (non-hydrogen) atoms. The van der Waals surface area contributed by atoms with Gasteiger partial charge in [-0.1, -0.05) is 39.0 Å². The zero-order chi connectivity index (χ0) is 16.0. The third kappa shape index (κ3) is 4.14. The van der Waals surface area contributed by atoms with Gasteiger partial charge in [0.25, 0.3) is 0 Å². The first-order chi connectivity index (χ1) is 9.86. The van der Waals surface area contributed by atoms with Crippen molar-refractivity contribution in [3.63, 3.8) is 0 Å². The normalized spacial score (nSPS) is 19.6. The second-order valence-electron chi connectivity index (χ2n) is 6.41. The van der Waals surface area contributed by atoms with Gasteiger partial charge in [-0.3, -0.25) is 4.79 Å². The molecule has 0 aromatic carbocycles. The SMILES string of the molecule is C=C/C(=C\C1=C(C)CNCC1)C(=O)C(C)(CCO)C(C)C. The summed E-state index contributed by atoms with van der Waals surface area (Å²) in [5, 5.41) is 12.6. The van der Waals surface area contributed by atoms with Gasteiger partial charge in [-0.05, 0) is 43.9 Å². The number of carbonyl (C=O) groups is 1. The first kappa shape index (κ1) is 17.9. The first-order valence-electron chi connectivity index (χ1n) is 7.76. The molecule has 118 valence electrons. The Morgan fingerprint density at radius 2 is 2.19 bits per heavy atom. The zero-order valence-corrected chi connectivity index (χ0v) is 13.8. The molecule has 1 aliphatic heterocycles. The van der Waals surface area contributed by atoms with Gasteiger partial charge in [-0.2, -0.15) is 0 Å². The summed E-state index contributed by atoms with van der Waals surface area (Å²) in [7, 11) is 0. The third-order valence-electron chi connectivity index (χ3n) is 4.75. The molecule has 0 aromatic heterocycles. The van der Waals surface area contributed by atoms with Crippen LogP contribution in [0.2, 0.25) is 0 Å². The van der Waals surface area contributed by atoms with Crippen LogP contribution >= 0.6 is 0 Å². The number of carbonyl (C=O) groups excluding carboxylic acids is 1. The second kappa shape index (κ2) is 7.71. The van der Waals surface area contributed by atoms with Gasteiger partial charge in [-0.15, -0.1) is 0 Å². The van der Waals surface area contributed by atoms with Gasteiger partial charge in [0, 0.05) is 24.1 Å². The van der Waals surface area contributed by atoms with E-state index in [1.54, 1.807) is 6.08 Å². The maximum absolute atomic E-state index is 12.9. The van der Waals surface area contributed by atoms with Crippen LogP contribution in [-0.4, -0.2) is 30.6 Å². The minimum Gasteiger partial charge on any atom is -0.396 e. The maximum Gasteiger partial charge on any atom is 0.169 e. The van der Waals surface area contributed by atoms with Crippen LogP contribution in [0, 0.1) is 11.3 Å². The fourth-order valence-electron chi connectivity index (χ4n) is 2.65. The number of aliphatic hydroxyl groups excluding tert-OH is 1. The van der Waals surface area contributed by atoms with E-state index in [2.05, 4.69) is 18.8 Å². The third-order valence-corrected chi connectivity index (χ3v) is 4.75. The van der Waals surface area contributed by atoms with Crippen LogP contribution in [-0.2, 0) is 4.79 Å². The zero-order valence-electron chi connectivity index (χ0n) is 13.8. The summed E-state index contributed by atoms with van der Waals surface area (Å²) in [6.45, 7) is 13.8. The molecule has 1 aliphatic rings. The van der Waals surface area contributed by atoms with Crippen LogP contribution in [0.1, 0.15) is 40.5 Å². The molecule has 0 spiro atoms. The van der Waals surface area contributed by atoms with Gasteiger partial charge in [0.2, 0.25) is 0 Å². The monoisotopic (exact) mass is 291 g/mol. The smallest absolute Gasteiger partial charge is 0.169 e. The van der Waals surface area contributed by atoms with Crippen LogP contribution in [0.15, 0.2) is 35.5 Å². The number of ketones is 1. The van der Waals surface area contributed by atoms with Gasteiger partial charge < -0.3 is 10.4 Å². The molecule has 0 radical (unpaired) electrons. The lowest BCUT2D eigenvalue weighted by molar-refractivity contribution is -0.127. The Hall–Kier alpha value is -1.19. The fourth-order valence-corrected chi connectivity index (χ4v) is 2.65. The van der Waals surface area contributed by atoms with Crippen molar-refractivity contribution in [2.24, 2.45) is 11.3 Å². The van der Waals surface area contributed by atoms with Crippen LogP contribution in [0.3, 0.4) is 0 Å².